The summed E-state index contributed by atoms with van der Waals surface area (Å²) < 4.78 is 13.3. The monoisotopic (exact) mass is 348 g/mol. The Bertz CT molecular complexity index is 715. The molecule has 0 atom stereocenters. The minimum absolute atomic E-state index is 0.0771. The summed E-state index contributed by atoms with van der Waals surface area (Å²) in [6, 6.07) is 3.66. The van der Waals surface area contributed by atoms with E-state index in [0.717, 1.165) is 32.0 Å². The van der Waals surface area contributed by atoms with Gasteiger partial charge >= 0.3 is 0 Å². The summed E-state index contributed by atoms with van der Waals surface area (Å²) in [7, 11) is 0. The van der Waals surface area contributed by atoms with Crippen LogP contribution in [0.25, 0.3) is 0 Å². The van der Waals surface area contributed by atoms with Crippen molar-refractivity contribution in [3.63, 3.8) is 0 Å². The first-order valence-corrected chi connectivity index (χ1v) is 8.35. The van der Waals surface area contributed by atoms with Gasteiger partial charge in [-0.1, -0.05) is 24.4 Å². The average molecular weight is 349 g/mol. The number of hydrogen-bond donors (Lipinski definition) is 1. The molecule has 0 unspecified atom stereocenters. The first kappa shape index (κ1) is 16.6. The SMILES string of the molecule is O=C(Nc1cnc(N2CCCCCC2)nc1)c1cc(F)ccc1Cl. The molecule has 2 aromatic rings. The second-order valence-corrected chi connectivity index (χ2v) is 6.16. The van der Waals surface area contributed by atoms with Crippen LogP contribution in [0.5, 0.6) is 0 Å². The van der Waals surface area contributed by atoms with Crippen molar-refractivity contribution in [1.29, 1.82) is 0 Å². The average Bonchev–Trinajstić information content (AvgIpc) is 2.87. The molecule has 3 rings (SSSR count). The fourth-order valence-corrected chi connectivity index (χ4v) is 2.89. The molecular weight excluding hydrogens is 331 g/mol. The number of halogens is 2. The van der Waals surface area contributed by atoms with Gasteiger partial charge in [-0.15, -0.1) is 0 Å². The first-order chi connectivity index (χ1) is 11.6. The zero-order chi connectivity index (χ0) is 16.9. The van der Waals surface area contributed by atoms with Crippen LogP contribution in [0.1, 0.15) is 36.0 Å². The van der Waals surface area contributed by atoms with Crippen molar-refractivity contribution in [2.75, 3.05) is 23.3 Å². The molecule has 0 radical (unpaired) electrons. The Morgan fingerprint density at radius 2 is 1.79 bits per heavy atom. The van der Waals surface area contributed by atoms with E-state index in [1.54, 1.807) is 12.4 Å². The van der Waals surface area contributed by atoms with E-state index in [-0.39, 0.29) is 10.6 Å². The van der Waals surface area contributed by atoms with Gasteiger partial charge in [-0.05, 0) is 31.0 Å². The second-order valence-electron chi connectivity index (χ2n) is 5.75. The third-order valence-corrected chi connectivity index (χ3v) is 4.29. The number of hydrogen-bond acceptors (Lipinski definition) is 4. The van der Waals surface area contributed by atoms with Crippen molar-refractivity contribution in [3.8, 4) is 0 Å². The molecule has 1 aliphatic heterocycles. The number of carbonyl (C=O) groups excluding carboxylic acids is 1. The van der Waals surface area contributed by atoms with Crippen molar-refractivity contribution < 1.29 is 9.18 Å². The molecule has 2 heterocycles. The summed E-state index contributed by atoms with van der Waals surface area (Å²) in [5.41, 5.74) is 0.521. The molecule has 126 valence electrons. The summed E-state index contributed by atoms with van der Waals surface area (Å²) in [6.45, 7) is 1.90. The number of benzene rings is 1. The van der Waals surface area contributed by atoms with E-state index in [1.165, 1.54) is 25.0 Å². The summed E-state index contributed by atoms with van der Waals surface area (Å²) in [5.74, 6) is -0.346. The van der Waals surface area contributed by atoms with Gasteiger partial charge in [0.05, 0.1) is 28.7 Å². The Balaban J connectivity index is 1.69. The highest BCUT2D eigenvalue weighted by Crippen LogP contribution is 2.20. The van der Waals surface area contributed by atoms with Gasteiger partial charge < -0.3 is 10.2 Å². The molecule has 1 aliphatic rings. The highest BCUT2D eigenvalue weighted by atomic mass is 35.5. The number of nitrogens with one attached hydrogen (secondary N) is 1. The second kappa shape index (κ2) is 7.57. The lowest BCUT2D eigenvalue weighted by atomic mass is 10.2. The lowest BCUT2D eigenvalue weighted by Crippen LogP contribution is -2.26. The van der Waals surface area contributed by atoms with Crippen molar-refractivity contribution in [1.82, 2.24) is 9.97 Å². The number of aromatic nitrogens is 2. The van der Waals surface area contributed by atoms with E-state index in [4.69, 9.17) is 11.6 Å². The molecule has 0 aliphatic carbocycles. The van der Waals surface area contributed by atoms with Gasteiger partial charge in [0.2, 0.25) is 5.95 Å². The Hall–Kier alpha value is -2.21. The number of amides is 1. The largest absolute Gasteiger partial charge is 0.341 e. The smallest absolute Gasteiger partial charge is 0.257 e. The molecule has 1 N–H and O–H groups in total. The highest BCUT2D eigenvalue weighted by Gasteiger charge is 2.14. The molecule has 1 amide bonds. The quantitative estimate of drug-likeness (QED) is 0.913. The maximum absolute atomic E-state index is 13.3. The summed E-state index contributed by atoms with van der Waals surface area (Å²) in [6.07, 6.45) is 7.86. The maximum atomic E-state index is 13.3. The van der Waals surface area contributed by atoms with E-state index in [2.05, 4.69) is 20.2 Å². The third kappa shape index (κ3) is 4.00. The zero-order valence-electron chi connectivity index (χ0n) is 13.1. The number of carbonyl (C=O) groups is 1. The lowest BCUT2D eigenvalue weighted by molar-refractivity contribution is 0.102. The molecule has 0 spiro atoms. The van der Waals surface area contributed by atoms with Crippen LogP contribution in [-0.4, -0.2) is 29.0 Å². The predicted molar refractivity (Wildman–Crippen MR) is 92.1 cm³/mol. The van der Waals surface area contributed by atoms with Crippen LogP contribution in [-0.2, 0) is 0 Å². The fraction of sp³-hybridized carbons (Fsp3) is 0.353. The minimum Gasteiger partial charge on any atom is -0.341 e. The summed E-state index contributed by atoms with van der Waals surface area (Å²) in [5, 5.41) is 2.83. The van der Waals surface area contributed by atoms with Gasteiger partial charge in [0.25, 0.3) is 5.91 Å². The topological polar surface area (TPSA) is 58.1 Å². The molecule has 1 aromatic heterocycles. The van der Waals surface area contributed by atoms with Crippen LogP contribution < -0.4 is 10.2 Å². The minimum atomic E-state index is -0.516. The molecule has 0 saturated carbocycles. The van der Waals surface area contributed by atoms with Crippen LogP contribution in [0.15, 0.2) is 30.6 Å². The predicted octanol–water partition coefficient (Wildman–Crippen LogP) is 3.90. The molecule has 24 heavy (non-hydrogen) atoms. The lowest BCUT2D eigenvalue weighted by Gasteiger charge is -2.19. The first-order valence-electron chi connectivity index (χ1n) is 7.97. The number of rotatable bonds is 3. The Kier molecular flexibility index (Phi) is 5.25. The van der Waals surface area contributed by atoms with E-state index in [0.29, 0.717) is 11.6 Å². The van der Waals surface area contributed by atoms with E-state index < -0.39 is 11.7 Å². The number of anilines is 2. The summed E-state index contributed by atoms with van der Waals surface area (Å²) in [4.78, 5) is 23.0. The molecular formula is C17H18ClFN4O. The molecule has 1 aromatic carbocycles. The molecule has 0 bridgehead atoms. The van der Waals surface area contributed by atoms with E-state index >= 15 is 0 Å². The zero-order valence-corrected chi connectivity index (χ0v) is 13.9. The molecule has 7 heteroatoms. The van der Waals surface area contributed by atoms with Gasteiger partial charge in [-0.2, -0.15) is 0 Å². The maximum Gasteiger partial charge on any atom is 0.257 e. The molecule has 1 saturated heterocycles. The Morgan fingerprint density at radius 3 is 2.46 bits per heavy atom. The Morgan fingerprint density at radius 1 is 1.12 bits per heavy atom. The van der Waals surface area contributed by atoms with Gasteiger partial charge in [-0.3, -0.25) is 4.79 Å². The van der Waals surface area contributed by atoms with Crippen LogP contribution in [0.4, 0.5) is 16.0 Å². The Labute approximate surface area is 144 Å². The van der Waals surface area contributed by atoms with Crippen molar-refractivity contribution in [3.05, 3.63) is 47.0 Å². The standard InChI is InChI=1S/C17H18ClFN4O/c18-15-6-5-12(19)9-14(15)16(24)22-13-10-20-17(21-11-13)23-7-3-1-2-4-8-23/h5-6,9-11H,1-4,7-8H2,(H,22,24). The van der Waals surface area contributed by atoms with Gasteiger partial charge in [0.1, 0.15) is 5.82 Å². The van der Waals surface area contributed by atoms with E-state index in [1.807, 2.05) is 0 Å². The summed E-state index contributed by atoms with van der Waals surface area (Å²) >= 11 is 5.93. The number of nitrogens with zero attached hydrogens (tertiary/aromatic N) is 3. The van der Waals surface area contributed by atoms with Crippen molar-refractivity contribution in [2.45, 2.75) is 25.7 Å². The van der Waals surface area contributed by atoms with Gasteiger partial charge in [0.15, 0.2) is 0 Å². The highest BCUT2D eigenvalue weighted by molar-refractivity contribution is 6.34. The van der Waals surface area contributed by atoms with E-state index in [9.17, 15) is 9.18 Å². The van der Waals surface area contributed by atoms with Gasteiger partial charge in [0, 0.05) is 13.1 Å². The fourth-order valence-electron chi connectivity index (χ4n) is 2.69. The van der Waals surface area contributed by atoms with Crippen molar-refractivity contribution >= 4 is 29.1 Å². The molecule has 5 nitrogen and oxygen atoms in total. The van der Waals surface area contributed by atoms with Crippen LogP contribution >= 0.6 is 11.6 Å². The van der Waals surface area contributed by atoms with Crippen LogP contribution in [0.2, 0.25) is 5.02 Å². The normalized spacial score (nSPS) is 15.0. The van der Waals surface area contributed by atoms with Crippen molar-refractivity contribution in [2.24, 2.45) is 0 Å². The molecule has 1 fully saturated rings. The van der Waals surface area contributed by atoms with Crippen LogP contribution in [0, 0.1) is 5.82 Å². The van der Waals surface area contributed by atoms with Gasteiger partial charge in [-0.25, -0.2) is 14.4 Å². The third-order valence-electron chi connectivity index (χ3n) is 3.96. The van der Waals surface area contributed by atoms with Crippen LogP contribution in [0.3, 0.4) is 0 Å².